The topological polar surface area (TPSA) is 0 Å². The van der Waals surface area contributed by atoms with E-state index in [1.54, 1.807) is 0 Å². The van der Waals surface area contributed by atoms with Crippen LogP contribution in [-0.2, 0) is 0 Å². The van der Waals surface area contributed by atoms with E-state index in [0.717, 1.165) is 0 Å². The van der Waals surface area contributed by atoms with Gasteiger partial charge < -0.3 is 0 Å². The van der Waals surface area contributed by atoms with Crippen LogP contribution >= 0.6 is 21.6 Å². The maximum Gasteiger partial charge on any atom is 0.0373 e. The van der Waals surface area contributed by atoms with E-state index < -0.39 is 0 Å². The largest absolute Gasteiger partial charge is 0.0856 e. The molecule has 0 N–H and O–H groups in total. The van der Waals surface area contributed by atoms with Crippen LogP contribution in [0.5, 0.6) is 0 Å². The Morgan fingerprint density at radius 3 is 1.31 bits per heavy atom. The fourth-order valence-electron chi connectivity index (χ4n) is 3.20. The molecule has 0 nitrogen and oxygen atoms in total. The van der Waals surface area contributed by atoms with Crippen molar-refractivity contribution in [3.05, 3.63) is 96.1 Å². The number of hydrogen-bond acceptors (Lipinski definition) is 2. The van der Waals surface area contributed by atoms with Gasteiger partial charge in [0.2, 0.25) is 0 Å². The molecule has 0 heterocycles. The molecule has 0 saturated heterocycles. The monoisotopic (exact) mass is 374 g/mol. The highest BCUT2D eigenvalue weighted by Gasteiger charge is 2.12. The lowest BCUT2D eigenvalue weighted by molar-refractivity contribution is 1.10. The highest BCUT2D eigenvalue weighted by Crippen LogP contribution is 2.46. The normalized spacial score (nSPS) is 13.8. The van der Waals surface area contributed by atoms with E-state index in [1.165, 1.54) is 32.7 Å². The van der Waals surface area contributed by atoms with Gasteiger partial charge in [-0.2, -0.15) is 0 Å². The number of benzene rings is 4. The van der Waals surface area contributed by atoms with E-state index in [4.69, 9.17) is 0 Å². The minimum Gasteiger partial charge on any atom is -0.0856 e. The Morgan fingerprint density at radius 2 is 0.885 bits per heavy atom. The number of rotatable bonds is 5. The molecule has 4 aromatic carbocycles. The molecular weight excluding hydrogens is 352 g/mol. The lowest BCUT2D eigenvalue weighted by atomic mass is 10.1. The van der Waals surface area contributed by atoms with Gasteiger partial charge in [-0.05, 0) is 46.5 Å². The molecular formula is C24H22S2. The second-order valence-corrected chi connectivity index (χ2v) is 9.64. The van der Waals surface area contributed by atoms with Crippen LogP contribution in [0.4, 0.5) is 0 Å². The second kappa shape index (κ2) is 7.77. The number of fused-ring (bicyclic) bond motifs is 2. The van der Waals surface area contributed by atoms with Crippen LogP contribution in [0.15, 0.2) is 84.9 Å². The Balaban J connectivity index is 1.46. The molecule has 0 aliphatic heterocycles. The van der Waals surface area contributed by atoms with Gasteiger partial charge in [0.15, 0.2) is 0 Å². The Bertz CT molecular complexity index is 953. The van der Waals surface area contributed by atoms with Crippen LogP contribution in [0.1, 0.15) is 35.5 Å². The average Bonchev–Trinajstić information content (AvgIpc) is 2.71. The van der Waals surface area contributed by atoms with Gasteiger partial charge in [-0.15, -0.1) is 0 Å². The van der Waals surface area contributed by atoms with Gasteiger partial charge in [0.05, 0.1) is 0 Å². The molecule has 0 fully saturated rings. The zero-order chi connectivity index (χ0) is 17.9. The third-order valence-corrected chi connectivity index (χ3v) is 8.13. The average molecular weight is 375 g/mol. The molecule has 0 spiro atoms. The summed E-state index contributed by atoms with van der Waals surface area (Å²) >= 11 is 0. The van der Waals surface area contributed by atoms with Gasteiger partial charge in [-0.1, -0.05) is 107 Å². The molecule has 0 aromatic heterocycles. The molecule has 0 amide bonds. The van der Waals surface area contributed by atoms with Gasteiger partial charge in [0, 0.05) is 10.5 Å². The summed E-state index contributed by atoms with van der Waals surface area (Å²) in [5.41, 5.74) is 2.79. The summed E-state index contributed by atoms with van der Waals surface area (Å²) in [4.78, 5) is 0. The molecule has 4 aromatic rings. The standard InChI is InChI=1S/C24H22S2/c1-17(21-13-11-19-7-3-5-9-23(19)15-21)25-26-18(2)22-14-12-20-8-4-6-10-24(20)16-22/h3-18H,1-2H3/t17-,18-/m1/s1. The lowest BCUT2D eigenvalue weighted by Crippen LogP contribution is -1.90. The maximum absolute atomic E-state index is 2.33. The predicted octanol–water partition coefficient (Wildman–Crippen LogP) is 8.20. The summed E-state index contributed by atoms with van der Waals surface area (Å²) in [5.74, 6) is 0. The SMILES string of the molecule is C[C@@H](SS[C@H](C)c1ccc2ccccc2c1)c1ccc2ccccc2c1. The van der Waals surface area contributed by atoms with Crippen LogP contribution in [0.25, 0.3) is 21.5 Å². The van der Waals surface area contributed by atoms with Gasteiger partial charge in [0.1, 0.15) is 0 Å². The van der Waals surface area contributed by atoms with Crippen molar-refractivity contribution in [2.24, 2.45) is 0 Å². The van der Waals surface area contributed by atoms with E-state index in [2.05, 4.69) is 98.8 Å². The Hall–Kier alpha value is -1.90. The van der Waals surface area contributed by atoms with Crippen LogP contribution < -0.4 is 0 Å². The second-order valence-electron chi connectivity index (χ2n) is 6.69. The summed E-state index contributed by atoms with van der Waals surface area (Å²) in [5, 5.41) is 6.20. The van der Waals surface area contributed by atoms with Gasteiger partial charge in [-0.3, -0.25) is 0 Å². The molecule has 0 unspecified atom stereocenters. The van der Waals surface area contributed by atoms with Crippen LogP contribution in [0.3, 0.4) is 0 Å². The first-order chi connectivity index (χ1) is 12.7. The zero-order valence-electron chi connectivity index (χ0n) is 15.1. The highest BCUT2D eigenvalue weighted by molar-refractivity contribution is 8.76. The third-order valence-electron chi connectivity index (χ3n) is 4.83. The van der Waals surface area contributed by atoms with Gasteiger partial charge >= 0.3 is 0 Å². The predicted molar refractivity (Wildman–Crippen MR) is 120 cm³/mol. The fraction of sp³-hybridized carbons (Fsp3) is 0.167. The first kappa shape index (κ1) is 17.5. The number of hydrogen-bond donors (Lipinski definition) is 0. The first-order valence-corrected chi connectivity index (χ1v) is 11.3. The maximum atomic E-state index is 2.33. The lowest BCUT2D eigenvalue weighted by Gasteiger charge is -2.16. The molecule has 0 saturated carbocycles. The smallest absolute Gasteiger partial charge is 0.0373 e. The van der Waals surface area contributed by atoms with Crippen molar-refractivity contribution >= 4 is 43.1 Å². The van der Waals surface area contributed by atoms with E-state index in [1.807, 2.05) is 21.6 Å². The van der Waals surface area contributed by atoms with Crippen LogP contribution in [-0.4, -0.2) is 0 Å². The van der Waals surface area contributed by atoms with Crippen LogP contribution in [0, 0.1) is 0 Å². The van der Waals surface area contributed by atoms with Crippen molar-refractivity contribution in [2.75, 3.05) is 0 Å². The third kappa shape index (κ3) is 3.77. The van der Waals surface area contributed by atoms with E-state index in [9.17, 15) is 0 Å². The molecule has 2 atom stereocenters. The van der Waals surface area contributed by atoms with Crippen molar-refractivity contribution in [2.45, 2.75) is 24.3 Å². The molecule has 0 radical (unpaired) electrons. The summed E-state index contributed by atoms with van der Waals surface area (Å²) in [6.45, 7) is 4.60. The summed E-state index contributed by atoms with van der Waals surface area (Å²) in [6, 6.07) is 30.8. The first-order valence-electron chi connectivity index (χ1n) is 9.00. The highest BCUT2D eigenvalue weighted by atomic mass is 33.1. The Kier molecular flexibility index (Phi) is 5.23. The quantitative estimate of drug-likeness (QED) is 0.323. The minimum atomic E-state index is 0.465. The Labute approximate surface area is 163 Å². The summed E-state index contributed by atoms with van der Waals surface area (Å²) in [6.07, 6.45) is 0. The van der Waals surface area contributed by atoms with Crippen molar-refractivity contribution in [3.63, 3.8) is 0 Å². The summed E-state index contributed by atoms with van der Waals surface area (Å²) in [7, 11) is 3.93. The van der Waals surface area contributed by atoms with Crippen molar-refractivity contribution in [3.8, 4) is 0 Å². The zero-order valence-corrected chi connectivity index (χ0v) is 16.7. The van der Waals surface area contributed by atoms with Gasteiger partial charge in [-0.25, -0.2) is 0 Å². The molecule has 0 bridgehead atoms. The van der Waals surface area contributed by atoms with Crippen molar-refractivity contribution in [1.29, 1.82) is 0 Å². The van der Waals surface area contributed by atoms with E-state index in [-0.39, 0.29) is 0 Å². The fourth-order valence-corrected chi connectivity index (χ4v) is 5.71. The minimum absolute atomic E-state index is 0.465. The molecule has 0 aliphatic rings. The molecule has 4 rings (SSSR count). The van der Waals surface area contributed by atoms with Crippen molar-refractivity contribution in [1.82, 2.24) is 0 Å². The summed E-state index contributed by atoms with van der Waals surface area (Å²) < 4.78 is 0. The van der Waals surface area contributed by atoms with Crippen LogP contribution in [0.2, 0.25) is 0 Å². The van der Waals surface area contributed by atoms with Gasteiger partial charge in [0.25, 0.3) is 0 Å². The molecule has 26 heavy (non-hydrogen) atoms. The molecule has 2 heteroatoms. The molecule has 0 aliphatic carbocycles. The van der Waals surface area contributed by atoms with Crippen molar-refractivity contribution < 1.29 is 0 Å². The van der Waals surface area contributed by atoms with E-state index >= 15 is 0 Å². The van der Waals surface area contributed by atoms with E-state index in [0.29, 0.717) is 10.5 Å². The molecule has 130 valence electrons. The Morgan fingerprint density at radius 1 is 0.500 bits per heavy atom.